The van der Waals surface area contributed by atoms with Gasteiger partial charge in [-0.25, -0.2) is 0 Å². The quantitative estimate of drug-likeness (QED) is 0.481. The fraction of sp³-hybridized carbons (Fsp3) is 0.0435. The van der Waals surface area contributed by atoms with Crippen molar-refractivity contribution in [3.63, 3.8) is 0 Å². The number of amides is 1. The van der Waals surface area contributed by atoms with E-state index in [1.165, 1.54) is 22.3 Å². The molecule has 1 heterocycles. The van der Waals surface area contributed by atoms with Crippen LogP contribution in [0.5, 0.6) is 5.75 Å². The number of benzene rings is 3. The van der Waals surface area contributed by atoms with E-state index < -0.39 is 0 Å². The molecule has 0 fully saturated rings. The van der Waals surface area contributed by atoms with Gasteiger partial charge in [0.05, 0.1) is 5.56 Å². The lowest BCUT2D eigenvalue weighted by molar-refractivity contribution is 0.102. The van der Waals surface area contributed by atoms with Crippen molar-refractivity contribution in [2.45, 2.75) is 6.42 Å². The monoisotopic (exact) mass is 352 g/mol. The minimum atomic E-state index is -0.351. The molecule has 0 saturated heterocycles. The van der Waals surface area contributed by atoms with Gasteiger partial charge < -0.3 is 10.4 Å². The van der Waals surface area contributed by atoms with Gasteiger partial charge in [-0.15, -0.1) is 0 Å². The zero-order valence-corrected chi connectivity index (χ0v) is 14.4. The topological polar surface area (TPSA) is 62.2 Å². The van der Waals surface area contributed by atoms with E-state index >= 15 is 0 Å². The van der Waals surface area contributed by atoms with Crippen molar-refractivity contribution in [1.29, 1.82) is 0 Å². The highest BCUT2D eigenvalue weighted by atomic mass is 16.3. The molecule has 2 N–H and O–H groups in total. The summed E-state index contributed by atoms with van der Waals surface area (Å²) in [6, 6.07) is 21.3. The molecule has 0 aliphatic heterocycles. The standard InChI is InChI=1S/C23H16N2O2/c26-22-20(9-7-14-5-3-11-24-21(14)22)23(27)25-17-8-10-19-16(13-17)12-15-4-1-2-6-18(15)19/h1-11,13,26H,12H2,(H,25,27). The highest BCUT2D eigenvalue weighted by Gasteiger charge is 2.19. The van der Waals surface area contributed by atoms with Gasteiger partial charge in [-0.05, 0) is 52.9 Å². The number of anilines is 1. The zero-order chi connectivity index (χ0) is 18.4. The Labute approximate surface area is 156 Å². The van der Waals surface area contributed by atoms with Crippen LogP contribution in [0.3, 0.4) is 0 Å². The van der Waals surface area contributed by atoms with Crippen molar-refractivity contribution in [3.8, 4) is 16.9 Å². The number of phenolic OH excluding ortho intramolecular Hbond substituents is 1. The Kier molecular flexibility index (Phi) is 3.44. The molecule has 4 aromatic rings. The van der Waals surface area contributed by atoms with E-state index in [-0.39, 0.29) is 17.2 Å². The molecule has 0 atom stereocenters. The maximum absolute atomic E-state index is 12.7. The number of carbonyl (C=O) groups excluding carboxylic acids is 1. The lowest BCUT2D eigenvalue weighted by atomic mass is 10.1. The second-order valence-corrected chi connectivity index (χ2v) is 6.70. The molecule has 4 nitrogen and oxygen atoms in total. The third-order valence-electron chi connectivity index (χ3n) is 5.04. The van der Waals surface area contributed by atoms with Gasteiger partial charge in [-0.1, -0.05) is 42.5 Å². The van der Waals surface area contributed by atoms with E-state index in [1.807, 2.05) is 36.4 Å². The fourth-order valence-electron chi connectivity index (χ4n) is 3.73. The van der Waals surface area contributed by atoms with Gasteiger partial charge in [0.1, 0.15) is 5.52 Å². The molecule has 0 spiro atoms. The van der Waals surface area contributed by atoms with E-state index in [4.69, 9.17) is 0 Å². The van der Waals surface area contributed by atoms with E-state index in [0.717, 1.165) is 11.8 Å². The molecule has 1 aromatic heterocycles. The first kappa shape index (κ1) is 15.6. The number of hydrogen-bond donors (Lipinski definition) is 2. The number of nitrogens with one attached hydrogen (secondary N) is 1. The van der Waals surface area contributed by atoms with Crippen molar-refractivity contribution in [1.82, 2.24) is 4.98 Å². The Bertz CT molecular complexity index is 1210. The van der Waals surface area contributed by atoms with Crippen LogP contribution in [0.15, 0.2) is 72.9 Å². The molecule has 5 rings (SSSR count). The van der Waals surface area contributed by atoms with Crippen molar-refractivity contribution in [2.75, 3.05) is 5.32 Å². The van der Waals surface area contributed by atoms with Crippen LogP contribution in [0, 0.1) is 0 Å². The van der Waals surface area contributed by atoms with Crippen LogP contribution in [0.4, 0.5) is 5.69 Å². The molecule has 130 valence electrons. The molecule has 1 amide bonds. The Morgan fingerprint density at radius 2 is 1.78 bits per heavy atom. The molecule has 4 heteroatoms. The number of pyridine rings is 1. The van der Waals surface area contributed by atoms with Gasteiger partial charge >= 0.3 is 0 Å². The highest BCUT2D eigenvalue weighted by Crippen LogP contribution is 2.37. The molecule has 27 heavy (non-hydrogen) atoms. The van der Waals surface area contributed by atoms with Gasteiger partial charge in [-0.3, -0.25) is 9.78 Å². The molecule has 3 aromatic carbocycles. The molecule has 0 radical (unpaired) electrons. The van der Waals surface area contributed by atoms with Crippen LogP contribution in [0.25, 0.3) is 22.0 Å². The van der Waals surface area contributed by atoms with Crippen molar-refractivity contribution >= 4 is 22.5 Å². The van der Waals surface area contributed by atoms with Crippen LogP contribution in [-0.4, -0.2) is 16.0 Å². The van der Waals surface area contributed by atoms with E-state index in [9.17, 15) is 9.90 Å². The minimum Gasteiger partial charge on any atom is -0.505 e. The highest BCUT2D eigenvalue weighted by molar-refractivity contribution is 6.09. The van der Waals surface area contributed by atoms with Gasteiger partial charge in [0.15, 0.2) is 5.75 Å². The Morgan fingerprint density at radius 1 is 0.926 bits per heavy atom. The van der Waals surface area contributed by atoms with Gasteiger partial charge in [0, 0.05) is 17.3 Å². The van der Waals surface area contributed by atoms with Gasteiger partial charge in [-0.2, -0.15) is 0 Å². The normalized spacial score (nSPS) is 11.9. The summed E-state index contributed by atoms with van der Waals surface area (Å²) in [6.45, 7) is 0. The number of nitrogens with zero attached hydrogens (tertiary/aromatic N) is 1. The predicted molar refractivity (Wildman–Crippen MR) is 106 cm³/mol. The Balaban J connectivity index is 1.46. The molecular formula is C23H16N2O2. The molecular weight excluding hydrogens is 336 g/mol. The van der Waals surface area contributed by atoms with Crippen molar-refractivity contribution in [3.05, 3.63) is 89.6 Å². The first-order chi connectivity index (χ1) is 13.2. The number of rotatable bonds is 2. The summed E-state index contributed by atoms with van der Waals surface area (Å²) in [6.07, 6.45) is 2.46. The van der Waals surface area contributed by atoms with Crippen LogP contribution in [0.2, 0.25) is 0 Å². The third kappa shape index (κ3) is 2.54. The third-order valence-corrected chi connectivity index (χ3v) is 5.04. The van der Waals surface area contributed by atoms with Gasteiger partial charge in [0.25, 0.3) is 5.91 Å². The summed E-state index contributed by atoms with van der Waals surface area (Å²) >= 11 is 0. The van der Waals surface area contributed by atoms with Crippen molar-refractivity contribution < 1.29 is 9.90 Å². The number of hydrogen-bond acceptors (Lipinski definition) is 3. The average Bonchev–Trinajstić information content (AvgIpc) is 3.06. The first-order valence-corrected chi connectivity index (χ1v) is 8.80. The van der Waals surface area contributed by atoms with Crippen LogP contribution < -0.4 is 5.32 Å². The number of phenols is 1. The zero-order valence-electron chi connectivity index (χ0n) is 14.4. The SMILES string of the molecule is O=C(Nc1ccc2c(c1)Cc1ccccc1-2)c1ccc2cccnc2c1O. The van der Waals surface area contributed by atoms with Crippen LogP contribution in [0.1, 0.15) is 21.5 Å². The lowest BCUT2D eigenvalue weighted by Crippen LogP contribution is -2.12. The lowest BCUT2D eigenvalue weighted by Gasteiger charge is -2.10. The minimum absolute atomic E-state index is 0.0980. The fourth-order valence-corrected chi connectivity index (χ4v) is 3.73. The molecule has 0 bridgehead atoms. The van der Waals surface area contributed by atoms with Crippen molar-refractivity contribution in [2.24, 2.45) is 0 Å². The molecule has 1 aliphatic carbocycles. The Hall–Kier alpha value is -3.66. The van der Waals surface area contributed by atoms with E-state index in [1.54, 1.807) is 24.4 Å². The predicted octanol–water partition coefficient (Wildman–Crippen LogP) is 4.76. The summed E-state index contributed by atoms with van der Waals surface area (Å²) in [4.78, 5) is 16.9. The molecule has 0 unspecified atom stereocenters. The second-order valence-electron chi connectivity index (χ2n) is 6.70. The number of fused-ring (bicyclic) bond motifs is 4. The first-order valence-electron chi connectivity index (χ1n) is 8.80. The second kappa shape index (κ2) is 5.95. The van der Waals surface area contributed by atoms with E-state index in [2.05, 4.69) is 22.4 Å². The maximum atomic E-state index is 12.7. The maximum Gasteiger partial charge on any atom is 0.259 e. The van der Waals surface area contributed by atoms with E-state index in [0.29, 0.717) is 11.2 Å². The Morgan fingerprint density at radius 3 is 2.70 bits per heavy atom. The summed E-state index contributed by atoms with van der Waals surface area (Å²) in [5.74, 6) is -0.449. The summed E-state index contributed by atoms with van der Waals surface area (Å²) in [5, 5.41) is 14.1. The molecule has 0 saturated carbocycles. The van der Waals surface area contributed by atoms with Crippen LogP contribution in [-0.2, 0) is 6.42 Å². The summed E-state index contributed by atoms with van der Waals surface area (Å²) in [7, 11) is 0. The summed E-state index contributed by atoms with van der Waals surface area (Å²) in [5.41, 5.74) is 6.31. The largest absolute Gasteiger partial charge is 0.505 e. The van der Waals surface area contributed by atoms with Gasteiger partial charge in [0.2, 0.25) is 0 Å². The number of carbonyl (C=O) groups is 1. The smallest absolute Gasteiger partial charge is 0.259 e. The number of aromatic hydroxyl groups is 1. The average molecular weight is 352 g/mol. The molecule has 1 aliphatic rings. The van der Waals surface area contributed by atoms with Crippen LogP contribution >= 0.6 is 0 Å². The number of aromatic nitrogens is 1. The summed E-state index contributed by atoms with van der Waals surface area (Å²) < 4.78 is 0.